The quantitative estimate of drug-likeness (QED) is 0.355. The number of fused-ring (bicyclic) bond motifs is 3. The summed E-state index contributed by atoms with van der Waals surface area (Å²) in [7, 11) is 0. The van der Waals surface area contributed by atoms with Crippen LogP contribution in [0.4, 0.5) is 5.82 Å². The Morgan fingerprint density at radius 3 is 2.51 bits per heavy atom. The third kappa shape index (κ3) is 4.26. The van der Waals surface area contributed by atoms with Crippen LogP contribution in [0.5, 0.6) is 0 Å². The van der Waals surface area contributed by atoms with Gasteiger partial charge in [-0.15, -0.1) is 0 Å². The second-order valence-corrected chi connectivity index (χ2v) is 10.2. The molecule has 4 aromatic rings. The van der Waals surface area contributed by atoms with Gasteiger partial charge in [0.05, 0.1) is 12.8 Å². The number of hydrogen-bond donors (Lipinski definition) is 1. The van der Waals surface area contributed by atoms with Gasteiger partial charge in [0.1, 0.15) is 16.9 Å². The number of nitrogens with zero attached hydrogens (tertiary/aromatic N) is 4. The fraction of sp³-hybridized carbons (Fsp3) is 0.290. The van der Waals surface area contributed by atoms with Crippen molar-refractivity contribution in [1.82, 2.24) is 19.5 Å². The van der Waals surface area contributed by atoms with Gasteiger partial charge in [-0.2, -0.15) is 9.61 Å². The van der Waals surface area contributed by atoms with Crippen molar-refractivity contribution >= 4 is 29.4 Å². The lowest BCUT2D eigenvalue weighted by atomic mass is 9.70. The van der Waals surface area contributed by atoms with Crippen LogP contribution in [0.3, 0.4) is 0 Å². The second-order valence-electron chi connectivity index (χ2n) is 10.2. The lowest BCUT2D eigenvalue weighted by molar-refractivity contribution is 0.0528. The highest BCUT2D eigenvalue weighted by molar-refractivity contribution is 6.00. The number of piperidine rings is 1. The van der Waals surface area contributed by atoms with Crippen molar-refractivity contribution < 1.29 is 14.3 Å². The molecule has 1 aliphatic heterocycles. The largest absolute Gasteiger partial charge is 0.462 e. The summed E-state index contributed by atoms with van der Waals surface area (Å²) in [6, 6.07) is 18.5. The molecule has 1 aliphatic carbocycles. The van der Waals surface area contributed by atoms with E-state index in [9.17, 15) is 9.59 Å². The lowest BCUT2D eigenvalue weighted by Crippen LogP contribution is -2.45. The molecule has 39 heavy (non-hydrogen) atoms. The standard InChI is InChI=1S/C31H31N5O3/c1-3-39-30(38)25-20-34-36-27(32-18-22-9-5-4-6-10-22)24(19-33-28(25)36)29(37)35-15-13-31(14-16-35)21(2)17-23-11-7-8-12-26(23)31/h4-12,17,19-20,32H,3,13-16,18H2,1-2H3. The number of allylic oxidation sites excluding steroid dienone is 1. The summed E-state index contributed by atoms with van der Waals surface area (Å²) >= 11 is 0. The maximum atomic E-state index is 13.9. The molecule has 198 valence electrons. The van der Waals surface area contributed by atoms with Crippen molar-refractivity contribution in [3.63, 3.8) is 0 Å². The van der Waals surface area contributed by atoms with Crippen molar-refractivity contribution in [2.45, 2.75) is 38.6 Å². The summed E-state index contributed by atoms with van der Waals surface area (Å²) in [6.07, 6.45) is 7.02. The number of carbonyl (C=O) groups is 2. The molecule has 0 atom stereocenters. The summed E-state index contributed by atoms with van der Waals surface area (Å²) < 4.78 is 6.72. The third-order valence-electron chi connectivity index (χ3n) is 8.06. The molecule has 1 N–H and O–H groups in total. The molecule has 2 aromatic heterocycles. The molecule has 1 saturated heterocycles. The Kier molecular flexibility index (Phi) is 6.38. The van der Waals surface area contributed by atoms with Crippen molar-refractivity contribution in [3.8, 4) is 0 Å². The molecule has 2 aromatic carbocycles. The number of rotatable bonds is 6. The predicted molar refractivity (Wildman–Crippen MR) is 150 cm³/mol. The summed E-state index contributed by atoms with van der Waals surface area (Å²) in [5.74, 6) is -0.0856. The van der Waals surface area contributed by atoms with Gasteiger partial charge in [-0.3, -0.25) is 4.79 Å². The Labute approximate surface area is 227 Å². The Morgan fingerprint density at radius 2 is 1.74 bits per heavy atom. The van der Waals surface area contributed by atoms with Crippen LogP contribution >= 0.6 is 0 Å². The molecule has 0 bridgehead atoms. The number of aromatic nitrogens is 3. The first kappa shape index (κ1) is 24.9. The Balaban J connectivity index is 1.31. The van der Waals surface area contributed by atoms with E-state index in [1.54, 1.807) is 13.1 Å². The van der Waals surface area contributed by atoms with Crippen LogP contribution in [0.2, 0.25) is 0 Å². The van der Waals surface area contributed by atoms with Crippen LogP contribution in [0.25, 0.3) is 11.7 Å². The number of likely N-dealkylation sites (tertiary alicyclic amines) is 1. The minimum atomic E-state index is -0.491. The minimum Gasteiger partial charge on any atom is -0.462 e. The zero-order valence-corrected chi connectivity index (χ0v) is 22.2. The highest BCUT2D eigenvalue weighted by Gasteiger charge is 2.43. The molecule has 3 heterocycles. The van der Waals surface area contributed by atoms with Crippen LogP contribution in [0.15, 0.2) is 72.6 Å². The summed E-state index contributed by atoms with van der Waals surface area (Å²) in [5.41, 5.74) is 6.10. The fourth-order valence-electron chi connectivity index (χ4n) is 5.96. The Bertz CT molecular complexity index is 1580. The highest BCUT2D eigenvalue weighted by Crippen LogP contribution is 2.48. The number of hydrogen-bond acceptors (Lipinski definition) is 6. The lowest BCUT2D eigenvalue weighted by Gasteiger charge is -2.41. The second kappa shape index (κ2) is 10.0. The Hall–Kier alpha value is -4.46. The van der Waals surface area contributed by atoms with Gasteiger partial charge in [0.15, 0.2) is 5.65 Å². The number of nitrogens with one attached hydrogen (secondary N) is 1. The molecule has 1 fully saturated rings. The van der Waals surface area contributed by atoms with E-state index in [1.807, 2.05) is 35.2 Å². The van der Waals surface area contributed by atoms with Crippen LogP contribution in [0.1, 0.15) is 64.1 Å². The number of amides is 1. The fourth-order valence-corrected chi connectivity index (χ4v) is 5.96. The Morgan fingerprint density at radius 1 is 1.00 bits per heavy atom. The molecular weight excluding hydrogens is 490 g/mol. The maximum Gasteiger partial charge on any atom is 0.343 e. The van der Waals surface area contributed by atoms with E-state index in [1.165, 1.54) is 27.4 Å². The number of anilines is 1. The summed E-state index contributed by atoms with van der Waals surface area (Å²) in [5, 5.41) is 7.83. The van der Waals surface area contributed by atoms with Gasteiger partial charge in [-0.25, -0.2) is 9.78 Å². The van der Waals surface area contributed by atoms with E-state index in [0.717, 1.165) is 18.4 Å². The van der Waals surface area contributed by atoms with Gasteiger partial charge in [-0.05, 0) is 43.4 Å². The van der Waals surface area contributed by atoms with Gasteiger partial charge in [0.25, 0.3) is 5.91 Å². The number of esters is 1. The van der Waals surface area contributed by atoms with E-state index in [-0.39, 0.29) is 23.5 Å². The minimum absolute atomic E-state index is 0.0134. The number of benzene rings is 2. The first-order valence-electron chi connectivity index (χ1n) is 13.4. The average molecular weight is 522 g/mol. The normalized spacial score (nSPS) is 15.7. The van der Waals surface area contributed by atoms with Gasteiger partial charge in [0.2, 0.25) is 0 Å². The third-order valence-corrected chi connectivity index (χ3v) is 8.06. The van der Waals surface area contributed by atoms with Crippen molar-refractivity contribution in [2.75, 3.05) is 25.0 Å². The monoisotopic (exact) mass is 521 g/mol. The molecule has 2 aliphatic rings. The average Bonchev–Trinajstić information content (AvgIpc) is 3.52. The molecular formula is C31H31N5O3. The van der Waals surface area contributed by atoms with E-state index < -0.39 is 5.97 Å². The first-order valence-corrected chi connectivity index (χ1v) is 13.4. The van der Waals surface area contributed by atoms with Gasteiger partial charge >= 0.3 is 5.97 Å². The molecule has 8 nitrogen and oxygen atoms in total. The van der Waals surface area contributed by atoms with Gasteiger partial charge < -0.3 is 15.0 Å². The van der Waals surface area contributed by atoms with Gasteiger partial charge in [0, 0.05) is 31.2 Å². The zero-order valence-electron chi connectivity index (χ0n) is 22.2. The topological polar surface area (TPSA) is 88.8 Å². The number of ether oxygens (including phenoxy) is 1. The summed E-state index contributed by atoms with van der Waals surface area (Å²) in [6.45, 7) is 5.98. The molecule has 8 heteroatoms. The number of carbonyl (C=O) groups excluding carboxylic acids is 2. The van der Waals surface area contributed by atoms with Crippen molar-refractivity contribution in [2.24, 2.45) is 0 Å². The van der Waals surface area contributed by atoms with E-state index >= 15 is 0 Å². The smallest absolute Gasteiger partial charge is 0.343 e. The van der Waals surface area contributed by atoms with E-state index in [4.69, 9.17) is 4.74 Å². The molecule has 0 saturated carbocycles. The maximum absolute atomic E-state index is 13.9. The van der Waals surface area contributed by atoms with Crippen LogP contribution in [0, 0.1) is 0 Å². The van der Waals surface area contributed by atoms with Crippen molar-refractivity contribution in [3.05, 3.63) is 100 Å². The van der Waals surface area contributed by atoms with E-state index in [2.05, 4.69) is 52.7 Å². The van der Waals surface area contributed by atoms with E-state index in [0.29, 0.717) is 36.7 Å². The molecule has 0 unspecified atom stereocenters. The molecule has 6 rings (SSSR count). The van der Waals surface area contributed by atoms with Gasteiger partial charge in [-0.1, -0.05) is 66.2 Å². The first-order chi connectivity index (χ1) is 19.0. The zero-order chi connectivity index (χ0) is 27.0. The van der Waals surface area contributed by atoms with Crippen LogP contribution in [-0.4, -0.2) is 51.1 Å². The predicted octanol–water partition coefficient (Wildman–Crippen LogP) is 5.11. The van der Waals surface area contributed by atoms with Crippen LogP contribution < -0.4 is 5.32 Å². The SMILES string of the molecule is CCOC(=O)c1cnn2c(NCc3ccccc3)c(C(=O)N3CCC4(CC3)C(C)=Cc3ccccc34)cnc12. The molecule has 0 radical (unpaired) electrons. The summed E-state index contributed by atoms with van der Waals surface area (Å²) in [4.78, 5) is 32.8. The molecule has 1 spiro atoms. The van der Waals surface area contributed by atoms with Crippen LogP contribution in [-0.2, 0) is 16.7 Å². The van der Waals surface area contributed by atoms with Crippen molar-refractivity contribution in [1.29, 1.82) is 0 Å². The molecule has 1 amide bonds. The highest BCUT2D eigenvalue weighted by atomic mass is 16.5.